The van der Waals surface area contributed by atoms with Gasteiger partial charge in [0.05, 0.1) is 6.54 Å². The first-order valence-corrected chi connectivity index (χ1v) is 4.32. The Bertz CT molecular complexity index is 89.7. The second-order valence-electron chi connectivity index (χ2n) is 2.70. The van der Waals surface area contributed by atoms with E-state index in [2.05, 4.69) is 11.8 Å². The van der Waals surface area contributed by atoms with E-state index >= 15 is 0 Å². The van der Waals surface area contributed by atoms with E-state index in [1.54, 1.807) is 0 Å². The minimum atomic E-state index is 0.488. The molecule has 0 saturated heterocycles. The van der Waals surface area contributed by atoms with Crippen molar-refractivity contribution in [3.63, 3.8) is 0 Å². The maximum atomic E-state index is 9.68. The van der Waals surface area contributed by atoms with Crippen LogP contribution in [0.4, 0.5) is 0 Å². The number of unbranched alkanes of at least 4 members (excludes halogenated alkanes) is 5. The smallest absolute Gasteiger partial charge is 0.0811 e. The van der Waals surface area contributed by atoms with E-state index in [9.17, 15) is 4.91 Å². The van der Waals surface area contributed by atoms with Crippen LogP contribution in [0.5, 0.6) is 0 Å². The van der Waals surface area contributed by atoms with Crippen LogP contribution in [0.3, 0.4) is 0 Å². The van der Waals surface area contributed by atoms with Crippen LogP contribution in [0.15, 0.2) is 17.8 Å². The van der Waals surface area contributed by atoms with E-state index in [-0.39, 0.29) is 0 Å². The second kappa shape index (κ2) is 9.34. The lowest BCUT2D eigenvalue weighted by Gasteiger charge is -1.95. The molecule has 0 aliphatic rings. The van der Waals surface area contributed by atoms with Gasteiger partial charge in [-0.2, -0.15) is 4.91 Å². The second-order valence-corrected chi connectivity index (χ2v) is 2.70. The van der Waals surface area contributed by atoms with Gasteiger partial charge < -0.3 is 0 Å². The van der Waals surface area contributed by atoms with Gasteiger partial charge in [-0.1, -0.05) is 30.5 Å². The number of rotatable bonds is 8. The first-order chi connectivity index (χ1) is 5.41. The van der Waals surface area contributed by atoms with Crippen molar-refractivity contribution in [1.82, 2.24) is 0 Å². The molecular formula is C9H17NO. The maximum absolute atomic E-state index is 9.68. The monoisotopic (exact) mass is 155 g/mol. The van der Waals surface area contributed by atoms with E-state index in [1.165, 1.54) is 19.3 Å². The van der Waals surface area contributed by atoms with Crippen molar-refractivity contribution in [3.05, 3.63) is 17.6 Å². The molecule has 2 heteroatoms. The molecule has 0 N–H and O–H groups in total. The van der Waals surface area contributed by atoms with Crippen molar-refractivity contribution in [2.75, 3.05) is 6.54 Å². The zero-order valence-electron chi connectivity index (χ0n) is 7.09. The summed E-state index contributed by atoms with van der Waals surface area (Å²) in [6.07, 6.45) is 8.88. The molecular weight excluding hydrogens is 138 g/mol. The van der Waals surface area contributed by atoms with Crippen LogP contribution in [0.25, 0.3) is 0 Å². The summed E-state index contributed by atoms with van der Waals surface area (Å²) < 4.78 is 0. The van der Waals surface area contributed by atoms with E-state index in [4.69, 9.17) is 0 Å². The fraction of sp³-hybridized carbons (Fsp3) is 0.778. The highest BCUT2D eigenvalue weighted by Crippen LogP contribution is 2.05. The average molecular weight is 155 g/mol. The third kappa shape index (κ3) is 9.34. The molecule has 64 valence electrons. The van der Waals surface area contributed by atoms with Crippen LogP contribution in [-0.4, -0.2) is 6.54 Å². The van der Waals surface area contributed by atoms with Crippen LogP contribution in [-0.2, 0) is 0 Å². The number of nitrogens with zero attached hydrogens (tertiary/aromatic N) is 1. The number of allylic oxidation sites excluding steroid dienone is 1. The van der Waals surface area contributed by atoms with Gasteiger partial charge in [-0.15, -0.1) is 6.58 Å². The topological polar surface area (TPSA) is 29.4 Å². The summed E-state index contributed by atoms with van der Waals surface area (Å²) in [5.74, 6) is 0. The molecule has 0 atom stereocenters. The molecule has 0 saturated carbocycles. The van der Waals surface area contributed by atoms with Gasteiger partial charge in [0.15, 0.2) is 0 Å². The predicted octanol–water partition coefficient (Wildman–Crippen LogP) is 3.28. The lowest BCUT2D eigenvalue weighted by atomic mass is 10.1. The highest BCUT2D eigenvalue weighted by molar-refractivity contribution is 4.65. The summed E-state index contributed by atoms with van der Waals surface area (Å²) in [5, 5.41) is 2.80. The zero-order chi connectivity index (χ0) is 8.36. The van der Waals surface area contributed by atoms with Crippen molar-refractivity contribution >= 4 is 0 Å². The number of hydrogen-bond acceptors (Lipinski definition) is 2. The Morgan fingerprint density at radius 3 is 2.36 bits per heavy atom. The summed E-state index contributed by atoms with van der Waals surface area (Å²) in [6, 6.07) is 0. The molecule has 0 heterocycles. The normalized spacial score (nSPS) is 9.45. The van der Waals surface area contributed by atoms with Gasteiger partial charge in [0.2, 0.25) is 0 Å². The number of nitroso groups, excluding NO2 is 1. The minimum Gasteiger partial charge on any atom is -0.151 e. The highest BCUT2D eigenvalue weighted by atomic mass is 16.3. The molecule has 2 nitrogen and oxygen atoms in total. The van der Waals surface area contributed by atoms with Crippen LogP contribution in [0, 0.1) is 4.91 Å². The van der Waals surface area contributed by atoms with E-state index in [1.807, 2.05) is 6.08 Å². The third-order valence-corrected chi connectivity index (χ3v) is 1.66. The number of hydrogen-bond donors (Lipinski definition) is 0. The predicted molar refractivity (Wildman–Crippen MR) is 48.6 cm³/mol. The van der Waals surface area contributed by atoms with Crippen molar-refractivity contribution in [3.8, 4) is 0 Å². The SMILES string of the molecule is C=CCCCCCCCN=O. The summed E-state index contributed by atoms with van der Waals surface area (Å²) >= 11 is 0. The Morgan fingerprint density at radius 1 is 1.09 bits per heavy atom. The molecule has 0 unspecified atom stereocenters. The van der Waals surface area contributed by atoms with Crippen molar-refractivity contribution in [1.29, 1.82) is 0 Å². The summed E-state index contributed by atoms with van der Waals surface area (Å²) in [5.41, 5.74) is 0. The molecule has 11 heavy (non-hydrogen) atoms. The first-order valence-electron chi connectivity index (χ1n) is 4.32. The van der Waals surface area contributed by atoms with E-state index in [0.29, 0.717) is 6.54 Å². The lowest BCUT2D eigenvalue weighted by molar-refractivity contribution is 0.622. The molecule has 0 amide bonds. The Labute approximate surface area is 68.7 Å². The minimum absolute atomic E-state index is 0.488. The molecule has 0 fully saturated rings. The molecule has 0 aromatic carbocycles. The lowest BCUT2D eigenvalue weighted by Crippen LogP contribution is -1.81. The average Bonchev–Trinajstić information content (AvgIpc) is 2.03. The Hall–Kier alpha value is -0.660. The van der Waals surface area contributed by atoms with Gasteiger partial charge in [-0.25, -0.2) is 0 Å². The first kappa shape index (κ1) is 10.3. The van der Waals surface area contributed by atoms with E-state index in [0.717, 1.165) is 19.3 Å². The van der Waals surface area contributed by atoms with E-state index < -0.39 is 0 Å². The van der Waals surface area contributed by atoms with Crippen LogP contribution < -0.4 is 0 Å². The van der Waals surface area contributed by atoms with Gasteiger partial charge in [0, 0.05) is 0 Å². The summed E-state index contributed by atoms with van der Waals surface area (Å²) in [4.78, 5) is 9.68. The fourth-order valence-electron chi connectivity index (χ4n) is 0.995. The Balaban J connectivity index is 2.79. The standard InChI is InChI=1S/C9H17NO/c1-2-3-4-5-6-7-8-9-10-11/h2H,1,3-9H2. The van der Waals surface area contributed by atoms with Crippen molar-refractivity contribution < 1.29 is 0 Å². The van der Waals surface area contributed by atoms with Crippen LogP contribution >= 0.6 is 0 Å². The Kier molecular flexibility index (Phi) is 8.78. The van der Waals surface area contributed by atoms with Gasteiger partial charge in [-0.3, -0.25) is 0 Å². The molecule has 0 bridgehead atoms. The summed E-state index contributed by atoms with van der Waals surface area (Å²) in [7, 11) is 0. The molecule has 0 aromatic heterocycles. The molecule has 0 aromatic rings. The zero-order valence-corrected chi connectivity index (χ0v) is 7.09. The fourth-order valence-corrected chi connectivity index (χ4v) is 0.995. The molecule has 0 radical (unpaired) electrons. The van der Waals surface area contributed by atoms with Crippen molar-refractivity contribution in [2.24, 2.45) is 5.18 Å². The largest absolute Gasteiger partial charge is 0.151 e. The van der Waals surface area contributed by atoms with Gasteiger partial charge in [-0.05, 0) is 19.3 Å². The summed E-state index contributed by atoms with van der Waals surface area (Å²) in [6.45, 7) is 4.14. The third-order valence-electron chi connectivity index (χ3n) is 1.66. The van der Waals surface area contributed by atoms with Crippen molar-refractivity contribution in [2.45, 2.75) is 38.5 Å². The van der Waals surface area contributed by atoms with Gasteiger partial charge >= 0.3 is 0 Å². The maximum Gasteiger partial charge on any atom is 0.0811 e. The quantitative estimate of drug-likeness (QED) is 0.300. The highest BCUT2D eigenvalue weighted by Gasteiger charge is 1.88. The van der Waals surface area contributed by atoms with Crippen LogP contribution in [0.1, 0.15) is 38.5 Å². The molecule has 0 aliphatic heterocycles. The van der Waals surface area contributed by atoms with Gasteiger partial charge in [0.1, 0.15) is 0 Å². The van der Waals surface area contributed by atoms with Gasteiger partial charge in [0.25, 0.3) is 0 Å². The molecule has 0 aliphatic carbocycles. The Morgan fingerprint density at radius 2 is 1.73 bits per heavy atom. The van der Waals surface area contributed by atoms with Crippen LogP contribution in [0.2, 0.25) is 0 Å². The molecule has 0 spiro atoms. The molecule has 0 rings (SSSR count).